The first-order valence-electron chi connectivity index (χ1n) is 12.2. The summed E-state index contributed by atoms with van der Waals surface area (Å²) in [4.78, 5) is 16.1. The Labute approximate surface area is 210 Å². The summed E-state index contributed by atoms with van der Waals surface area (Å²) in [5.74, 6) is -1.77. The van der Waals surface area contributed by atoms with E-state index < -0.39 is 27.8 Å². The fourth-order valence-electron chi connectivity index (χ4n) is 5.49. The van der Waals surface area contributed by atoms with Crippen molar-refractivity contribution in [3.8, 4) is 0 Å². The Morgan fingerprint density at radius 2 is 1.69 bits per heavy atom. The van der Waals surface area contributed by atoms with Crippen molar-refractivity contribution < 1.29 is 26.4 Å². The van der Waals surface area contributed by atoms with Gasteiger partial charge >= 0.3 is 6.18 Å². The van der Waals surface area contributed by atoms with E-state index in [0.29, 0.717) is 38.2 Å². The monoisotopic (exact) mass is 523 g/mol. The van der Waals surface area contributed by atoms with Crippen LogP contribution in [-0.2, 0) is 9.84 Å². The molecule has 1 aliphatic heterocycles. The molecule has 1 heterocycles. The largest absolute Gasteiger partial charge is 0.391 e. The van der Waals surface area contributed by atoms with Crippen LogP contribution in [0.5, 0.6) is 0 Å². The molecule has 2 aliphatic rings. The number of hydrogen-bond acceptors (Lipinski definition) is 5. The van der Waals surface area contributed by atoms with Gasteiger partial charge in [-0.15, -0.1) is 0 Å². The van der Waals surface area contributed by atoms with Gasteiger partial charge in [0.2, 0.25) is 5.91 Å². The van der Waals surface area contributed by atoms with Crippen molar-refractivity contribution in [2.75, 3.05) is 37.3 Å². The number of benzene rings is 2. The Bertz CT molecular complexity index is 1180. The van der Waals surface area contributed by atoms with E-state index >= 15 is 0 Å². The van der Waals surface area contributed by atoms with Crippen LogP contribution in [0.3, 0.4) is 0 Å². The highest BCUT2D eigenvalue weighted by molar-refractivity contribution is 7.90. The first-order chi connectivity index (χ1) is 16.9. The minimum atomic E-state index is -4.11. The number of hydrogen-bond donors (Lipinski definition) is 1. The van der Waals surface area contributed by atoms with Crippen LogP contribution >= 0.6 is 0 Å². The maximum absolute atomic E-state index is 13.1. The molecule has 0 radical (unpaired) electrons. The Morgan fingerprint density at radius 1 is 1.03 bits per heavy atom. The fourth-order valence-corrected chi connectivity index (χ4v) is 6.39. The van der Waals surface area contributed by atoms with Crippen molar-refractivity contribution in [3.05, 3.63) is 59.7 Å². The second kappa shape index (κ2) is 10.4. The standard InChI is InChI=1S/C26H32F3N3O3S/c1-36(34,35)24-15-21(11-12-22(24)25(30)33)31-13-14-32(23(17-31)19-5-3-2-4-6-19)16-18-7-9-20(10-8-18)26(27,28)29/h2-6,11-12,15,18,20,23H,7-10,13-14,16-17H2,1H3,(H2,30,33)/t18-,20+,23-/m0/s1. The maximum atomic E-state index is 13.1. The number of nitrogens with two attached hydrogens (primary N) is 1. The van der Waals surface area contributed by atoms with E-state index in [4.69, 9.17) is 5.73 Å². The quantitative estimate of drug-likeness (QED) is 0.606. The molecule has 36 heavy (non-hydrogen) atoms. The lowest BCUT2D eigenvalue weighted by atomic mass is 9.81. The molecule has 196 valence electrons. The molecule has 1 atom stereocenters. The second-order valence-corrected chi connectivity index (χ2v) is 11.9. The molecule has 1 aliphatic carbocycles. The summed E-state index contributed by atoms with van der Waals surface area (Å²) in [6.07, 6.45) is -1.56. The predicted octanol–water partition coefficient (Wildman–Crippen LogP) is 4.42. The molecule has 1 amide bonds. The van der Waals surface area contributed by atoms with Gasteiger partial charge in [-0.25, -0.2) is 8.42 Å². The Balaban J connectivity index is 1.54. The third-order valence-corrected chi connectivity index (χ3v) is 8.61. The molecule has 0 bridgehead atoms. The van der Waals surface area contributed by atoms with Crippen molar-refractivity contribution in [1.82, 2.24) is 4.90 Å². The molecule has 0 unspecified atom stereocenters. The van der Waals surface area contributed by atoms with E-state index in [1.54, 1.807) is 6.07 Å². The van der Waals surface area contributed by atoms with Crippen molar-refractivity contribution >= 4 is 21.4 Å². The number of amides is 1. The van der Waals surface area contributed by atoms with Gasteiger partial charge in [0.1, 0.15) is 0 Å². The molecule has 6 nitrogen and oxygen atoms in total. The number of anilines is 1. The van der Waals surface area contributed by atoms with Crippen LogP contribution < -0.4 is 10.6 Å². The zero-order valence-electron chi connectivity index (χ0n) is 20.2. The van der Waals surface area contributed by atoms with Gasteiger partial charge in [-0.2, -0.15) is 13.2 Å². The zero-order chi connectivity index (χ0) is 26.1. The molecule has 10 heteroatoms. The van der Waals surface area contributed by atoms with Crippen LogP contribution in [-0.4, -0.2) is 57.8 Å². The zero-order valence-corrected chi connectivity index (χ0v) is 21.1. The lowest BCUT2D eigenvalue weighted by Gasteiger charge is -2.45. The third kappa shape index (κ3) is 6.03. The first-order valence-corrected chi connectivity index (χ1v) is 14.1. The molecule has 2 aromatic rings. The summed E-state index contributed by atoms with van der Waals surface area (Å²) in [5.41, 5.74) is 7.14. The van der Waals surface area contributed by atoms with Crippen molar-refractivity contribution in [2.45, 2.75) is 42.8 Å². The van der Waals surface area contributed by atoms with Crippen molar-refractivity contribution in [3.63, 3.8) is 0 Å². The Morgan fingerprint density at radius 3 is 2.28 bits per heavy atom. The lowest BCUT2D eigenvalue weighted by Crippen LogP contribution is -2.50. The minimum Gasteiger partial charge on any atom is -0.368 e. The maximum Gasteiger partial charge on any atom is 0.391 e. The van der Waals surface area contributed by atoms with Gasteiger partial charge in [-0.3, -0.25) is 9.69 Å². The number of rotatable bonds is 6. The van der Waals surface area contributed by atoms with E-state index in [2.05, 4.69) is 9.80 Å². The smallest absolute Gasteiger partial charge is 0.368 e. The second-order valence-electron chi connectivity index (χ2n) is 9.94. The predicted molar refractivity (Wildman–Crippen MR) is 133 cm³/mol. The average Bonchev–Trinajstić information content (AvgIpc) is 2.83. The number of carbonyl (C=O) groups is 1. The minimum absolute atomic E-state index is 0.00205. The number of piperazine rings is 1. The van der Waals surface area contributed by atoms with Crippen LogP contribution in [0.1, 0.15) is 47.6 Å². The third-order valence-electron chi connectivity index (χ3n) is 7.47. The number of sulfone groups is 1. The average molecular weight is 524 g/mol. The van der Waals surface area contributed by atoms with Crippen LogP contribution in [0, 0.1) is 11.8 Å². The summed E-state index contributed by atoms with van der Waals surface area (Å²) < 4.78 is 64.0. The van der Waals surface area contributed by atoms with Crippen molar-refractivity contribution in [2.24, 2.45) is 17.6 Å². The summed E-state index contributed by atoms with van der Waals surface area (Å²) in [5, 5.41) is 0. The number of carbonyl (C=O) groups excluding carboxylic acids is 1. The lowest BCUT2D eigenvalue weighted by molar-refractivity contribution is -0.184. The summed E-state index contributed by atoms with van der Waals surface area (Å²) in [7, 11) is -3.67. The molecular formula is C26H32F3N3O3S. The van der Waals surface area contributed by atoms with E-state index in [0.717, 1.165) is 18.4 Å². The van der Waals surface area contributed by atoms with Gasteiger partial charge in [0.15, 0.2) is 9.84 Å². The highest BCUT2D eigenvalue weighted by Gasteiger charge is 2.42. The van der Waals surface area contributed by atoms with E-state index in [1.807, 2.05) is 30.3 Å². The Kier molecular flexibility index (Phi) is 7.66. The first kappa shape index (κ1) is 26.5. The molecular weight excluding hydrogens is 491 g/mol. The number of nitrogens with zero attached hydrogens (tertiary/aromatic N) is 2. The van der Waals surface area contributed by atoms with Gasteiger partial charge in [0.05, 0.1) is 22.4 Å². The topological polar surface area (TPSA) is 83.7 Å². The fraction of sp³-hybridized carbons (Fsp3) is 0.500. The molecule has 2 N–H and O–H groups in total. The van der Waals surface area contributed by atoms with Gasteiger partial charge in [0, 0.05) is 38.1 Å². The van der Waals surface area contributed by atoms with E-state index in [-0.39, 0.29) is 35.3 Å². The van der Waals surface area contributed by atoms with Gasteiger partial charge in [0.25, 0.3) is 0 Å². The SMILES string of the molecule is CS(=O)(=O)c1cc(N2CCN(C[C@H]3CC[C@@H](C(F)(F)F)CC3)[C@H](c3ccccc3)C2)ccc1C(N)=O. The summed E-state index contributed by atoms with van der Waals surface area (Å²) >= 11 is 0. The number of primary amides is 1. The number of halogens is 3. The molecule has 1 saturated heterocycles. The molecule has 2 aromatic carbocycles. The highest BCUT2D eigenvalue weighted by Crippen LogP contribution is 2.40. The van der Waals surface area contributed by atoms with Crippen LogP contribution in [0.25, 0.3) is 0 Å². The molecule has 0 aromatic heterocycles. The highest BCUT2D eigenvalue weighted by atomic mass is 32.2. The molecule has 4 rings (SSSR count). The van der Waals surface area contributed by atoms with Crippen molar-refractivity contribution in [1.29, 1.82) is 0 Å². The summed E-state index contributed by atoms with van der Waals surface area (Å²) in [6.45, 7) is 2.62. The van der Waals surface area contributed by atoms with E-state index in [9.17, 15) is 26.4 Å². The van der Waals surface area contributed by atoms with Gasteiger partial charge in [-0.05, 0) is 55.4 Å². The molecule has 0 spiro atoms. The Hall–Kier alpha value is -2.59. The van der Waals surface area contributed by atoms with Crippen LogP contribution in [0.2, 0.25) is 0 Å². The van der Waals surface area contributed by atoms with E-state index in [1.165, 1.54) is 12.1 Å². The van der Waals surface area contributed by atoms with Gasteiger partial charge < -0.3 is 10.6 Å². The van der Waals surface area contributed by atoms with Crippen LogP contribution in [0.15, 0.2) is 53.4 Å². The normalized spacial score (nSPS) is 24.0. The summed E-state index contributed by atoms with van der Waals surface area (Å²) in [6, 6.07) is 14.6. The number of alkyl halides is 3. The van der Waals surface area contributed by atoms with Gasteiger partial charge in [-0.1, -0.05) is 30.3 Å². The van der Waals surface area contributed by atoms with Crippen LogP contribution in [0.4, 0.5) is 18.9 Å². The molecule has 1 saturated carbocycles. The molecule has 2 fully saturated rings.